The fourth-order valence-corrected chi connectivity index (χ4v) is 5.70. The summed E-state index contributed by atoms with van der Waals surface area (Å²) < 4.78 is 0. The van der Waals surface area contributed by atoms with Crippen LogP contribution >= 0.6 is 0 Å². The van der Waals surface area contributed by atoms with Gasteiger partial charge in [0.05, 0.1) is 6.10 Å². The number of aliphatic hydroxyl groups excluding tert-OH is 1. The van der Waals surface area contributed by atoms with Gasteiger partial charge < -0.3 is 5.11 Å². The van der Waals surface area contributed by atoms with Crippen molar-refractivity contribution >= 4 is 0 Å². The summed E-state index contributed by atoms with van der Waals surface area (Å²) in [5, 5.41) is 9.90. The van der Waals surface area contributed by atoms with Gasteiger partial charge in [-0.3, -0.25) is 0 Å². The number of hydrogen-bond acceptors (Lipinski definition) is 1. The summed E-state index contributed by atoms with van der Waals surface area (Å²) in [6.45, 7) is 0. The number of rotatable bonds is 0. The van der Waals surface area contributed by atoms with Crippen molar-refractivity contribution in [1.82, 2.24) is 0 Å². The topological polar surface area (TPSA) is 20.2 Å². The molecule has 0 bridgehead atoms. The van der Waals surface area contributed by atoms with E-state index in [9.17, 15) is 5.11 Å². The van der Waals surface area contributed by atoms with E-state index in [1.54, 1.807) is 5.57 Å². The van der Waals surface area contributed by atoms with Crippen molar-refractivity contribution in [3.8, 4) is 0 Å². The lowest BCUT2D eigenvalue weighted by molar-refractivity contribution is 0.0674. The number of allylic oxidation sites excluding steroid dienone is 1. The van der Waals surface area contributed by atoms with Gasteiger partial charge in [-0.15, -0.1) is 0 Å². The van der Waals surface area contributed by atoms with Crippen LogP contribution in [-0.4, -0.2) is 11.2 Å². The van der Waals surface area contributed by atoms with E-state index in [2.05, 4.69) is 6.08 Å². The predicted molar refractivity (Wildman–Crippen MR) is 68.5 cm³/mol. The zero-order chi connectivity index (χ0) is 11.4. The Morgan fingerprint density at radius 1 is 1.00 bits per heavy atom. The standard InChI is InChI=1S/C16H24O/c17-12-8-11-5-7-14-13-3-1-2-10(13)4-6-15(14)16(11)9-12/h5,10,12-17H,1-4,6-9H2. The summed E-state index contributed by atoms with van der Waals surface area (Å²) in [7, 11) is 0. The molecule has 0 aromatic rings. The lowest BCUT2D eigenvalue weighted by Gasteiger charge is -2.45. The first-order valence-electron chi connectivity index (χ1n) is 7.70. The minimum atomic E-state index is -0.0219. The molecule has 0 spiro atoms. The van der Waals surface area contributed by atoms with E-state index < -0.39 is 0 Å². The first-order chi connectivity index (χ1) is 8.33. The summed E-state index contributed by atoms with van der Waals surface area (Å²) in [4.78, 5) is 0. The summed E-state index contributed by atoms with van der Waals surface area (Å²) >= 11 is 0. The smallest absolute Gasteiger partial charge is 0.0583 e. The van der Waals surface area contributed by atoms with Crippen LogP contribution in [0.5, 0.6) is 0 Å². The summed E-state index contributed by atoms with van der Waals surface area (Å²) in [6.07, 6.45) is 13.3. The quantitative estimate of drug-likeness (QED) is 0.633. The average Bonchev–Trinajstić information content (AvgIpc) is 2.92. The van der Waals surface area contributed by atoms with Gasteiger partial charge in [-0.2, -0.15) is 0 Å². The van der Waals surface area contributed by atoms with E-state index in [-0.39, 0.29) is 6.10 Å². The molecule has 0 aromatic heterocycles. The zero-order valence-corrected chi connectivity index (χ0v) is 10.6. The minimum absolute atomic E-state index is 0.0219. The van der Waals surface area contributed by atoms with E-state index in [0.29, 0.717) is 0 Å². The van der Waals surface area contributed by atoms with Crippen LogP contribution < -0.4 is 0 Å². The molecule has 6 atom stereocenters. The monoisotopic (exact) mass is 232 g/mol. The molecule has 0 radical (unpaired) electrons. The number of aliphatic hydroxyl groups is 1. The van der Waals surface area contributed by atoms with Crippen LogP contribution in [0.1, 0.15) is 51.4 Å². The van der Waals surface area contributed by atoms with Crippen LogP contribution in [0.3, 0.4) is 0 Å². The molecule has 0 aliphatic heterocycles. The molecule has 1 nitrogen and oxygen atoms in total. The van der Waals surface area contributed by atoms with E-state index in [4.69, 9.17) is 0 Å². The van der Waals surface area contributed by atoms with E-state index in [1.165, 1.54) is 38.5 Å². The Balaban J connectivity index is 1.62. The van der Waals surface area contributed by atoms with Gasteiger partial charge in [0.15, 0.2) is 0 Å². The maximum absolute atomic E-state index is 9.90. The molecule has 0 amide bonds. The Morgan fingerprint density at radius 2 is 1.94 bits per heavy atom. The molecule has 0 aromatic carbocycles. The maximum Gasteiger partial charge on any atom is 0.0583 e. The van der Waals surface area contributed by atoms with Crippen molar-refractivity contribution in [2.75, 3.05) is 0 Å². The van der Waals surface area contributed by atoms with Crippen molar-refractivity contribution in [1.29, 1.82) is 0 Å². The normalized spacial score (nSPS) is 52.6. The predicted octanol–water partition coefficient (Wildman–Crippen LogP) is 3.53. The molecule has 0 saturated heterocycles. The summed E-state index contributed by atoms with van der Waals surface area (Å²) in [5.41, 5.74) is 1.62. The van der Waals surface area contributed by atoms with E-state index in [1.807, 2.05) is 0 Å². The second-order valence-electron chi connectivity index (χ2n) is 6.97. The Labute approximate surface area is 104 Å². The van der Waals surface area contributed by atoms with Crippen LogP contribution in [0.25, 0.3) is 0 Å². The molecular weight excluding hydrogens is 208 g/mol. The maximum atomic E-state index is 9.90. The van der Waals surface area contributed by atoms with Crippen molar-refractivity contribution in [2.45, 2.75) is 57.5 Å². The molecular formula is C16H24O. The Bertz CT molecular complexity index is 345. The molecule has 17 heavy (non-hydrogen) atoms. The van der Waals surface area contributed by atoms with Crippen molar-refractivity contribution in [2.24, 2.45) is 29.6 Å². The lowest BCUT2D eigenvalue weighted by atomic mass is 9.60. The van der Waals surface area contributed by atoms with Gasteiger partial charge in [-0.05, 0) is 68.1 Å². The summed E-state index contributed by atoms with van der Waals surface area (Å²) in [5.74, 6) is 4.80. The second-order valence-corrected chi connectivity index (χ2v) is 6.97. The third kappa shape index (κ3) is 1.54. The fraction of sp³-hybridized carbons (Fsp3) is 0.875. The zero-order valence-electron chi connectivity index (χ0n) is 10.6. The molecule has 0 heterocycles. The van der Waals surface area contributed by atoms with Crippen LogP contribution in [0.4, 0.5) is 0 Å². The molecule has 4 aliphatic rings. The lowest BCUT2D eigenvalue weighted by Crippen LogP contribution is -2.37. The SMILES string of the molecule is OC1CC2=CCC3C4CCCC4CCC3C2C1. The van der Waals surface area contributed by atoms with Gasteiger partial charge in [0.25, 0.3) is 0 Å². The Kier molecular flexibility index (Phi) is 2.40. The van der Waals surface area contributed by atoms with Gasteiger partial charge in [0.1, 0.15) is 0 Å². The average molecular weight is 232 g/mol. The molecule has 1 heteroatoms. The van der Waals surface area contributed by atoms with Gasteiger partial charge in [0, 0.05) is 0 Å². The first-order valence-corrected chi connectivity index (χ1v) is 7.70. The molecule has 94 valence electrons. The second kappa shape index (κ2) is 3.85. The third-order valence-electron chi connectivity index (χ3n) is 6.33. The van der Waals surface area contributed by atoms with Crippen molar-refractivity contribution < 1.29 is 5.11 Å². The van der Waals surface area contributed by atoms with Gasteiger partial charge in [0.2, 0.25) is 0 Å². The van der Waals surface area contributed by atoms with E-state index in [0.717, 1.165) is 42.4 Å². The van der Waals surface area contributed by atoms with Crippen LogP contribution in [-0.2, 0) is 0 Å². The van der Waals surface area contributed by atoms with Gasteiger partial charge in [-0.1, -0.05) is 24.5 Å². The Morgan fingerprint density at radius 3 is 2.88 bits per heavy atom. The highest BCUT2D eigenvalue weighted by atomic mass is 16.3. The van der Waals surface area contributed by atoms with E-state index >= 15 is 0 Å². The van der Waals surface area contributed by atoms with Crippen LogP contribution in [0.2, 0.25) is 0 Å². The van der Waals surface area contributed by atoms with Crippen molar-refractivity contribution in [3.05, 3.63) is 11.6 Å². The summed E-state index contributed by atoms with van der Waals surface area (Å²) in [6, 6.07) is 0. The fourth-order valence-electron chi connectivity index (χ4n) is 5.70. The highest BCUT2D eigenvalue weighted by Crippen LogP contribution is 2.56. The van der Waals surface area contributed by atoms with Crippen LogP contribution in [0.15, 0.2) is 11.6 Å². The largest absolute Gasteiger partial charge is 0.393 e. The molecule has 4 rings (SSSR count). The molecule has 3 fully saturated rings. The van der Waals surface area contributed by atoms with Crippen LogP contribution in [0, 0.1) is 29.6 Å². The molecule has 3 saturated carbocycles. The van der Waals surface area contributed by atoms with Gasteiger partial charge in [-0.25, -0.2) is 0 Å². The van der Waals surface area contributed by atoms with Crippen molar-refractivity contribution in [3.63, 3.8) is 0 Å². The number of hydrogen-bond donors (Lipinski definition) is 1. The number of fused-ring (bicyclic) bond motifs is 5. The minimum Gasteiger partial charge on any atom is -0.393 e. The highest BCUT2D eigenvalue weighted by molar-refractivity contribution is 5.20. The first kappa shape index (κ1) is 10.6. The highest BCUT2D eigenvalue weighted by Gasteiger charge is 2.47. The van der Waals surface area contributed by atoms with Gasteiger partial charge >= 0.3 is 0 Å². The third-order valence-corrected chi connectivity index (χ3v) is 6.33. The molecule has 6 unspecified atom stereocenters. The molecule has 4 aliphatic carbocycles. The Hall–Kier alpha value is -0.300. The molecule has 1 N–H and O–H groups in total.